The van der Waals surface area contributed by atoms with E-state index in [1.54, 1.807) is 18.5 Å². The molecular weight excluding hydrogens is 302 g/mol. The molecule has 2 heterocycles. The van der Waals surface area contributed by atoms with Crippen LogP contribution in [0.1, 0.15) is 24.0 Å². The zero-order chi connectivity index (χ0) is 16.8. The van der Waals surface area contributed by atoms with Gasteiger partial charge < -0.3 is 10.2 Å². The first kappa shape index (κ1) is 16.2. The molecule has 5 nitrogen and oxygen atoms in total. The van der Waals surface area contributed by atoms with Crippen LogP contribution in [0.15, 0.2) is 54.9 Å². The van der Waals surface area contributed by atoms with Crippen LogP contribution in [0.3, 0.4) is 0 Å². The molecule has 24 heavy (non-hydrogen) atoms. The molecule has 3 rings (SSSR count). The summed E-state index contributed by atoms with van der Waals surface area (Å²) < 4.78 is 0. The zero-order valence-electron chi connectivity index (χ0n) is 13.5. The van der Waals surface area contributed by atoms with E-state index in [0.29, 0.717) is 13.0 Å². The molecule has 1 fully saturated rings. The highest BCUT2D eigenvalue weighted by Gasteiger charge is 2.29. The van der Waals surface area contributed by atoms with Gasteiger partial charge in [0.25, 0.3) is 0 Å². The van der Waals surface area contributed by atoms with Crippen molar-refractivity contribution in [2.24, 2.45) is 0 Å². The van der Waals surface area contributed by atoms with Gasteiger partial charge in [0.1, 0.15) is 6.04 Å². The highest BCUT2D eigenvalue weighted by molar-refractivity contribution is 5.88. The zero-order valence-corrected chi connectivity index (χ0v) is 13.5. The molecule has 1 aromatic heterocycles. The summed E-state index contributed by atoms with van der Waals surface area (Å²) in [6.45, 7) is 1.33. The summed E-state index contributed by atoms with van der Waals surface area (Å²) in [5.74, 6) is -0.132. The van der Waals surface area contributed by atoms with Crippen LogP contribution in [-0.2, 0) is 22.6 Å². The Labute approximate surface area is 141 Å². The highest BCUT2D eigenvalue weighted by atomic mass is 16.2. The highest BCUT2D eigenvalue weighted by Crippen LogP contribution is 2.15. The van der Waals surface area contributed by atoms with Crippen molar-refractivity contribution >= 4 is 11.8 Å². The largest absolute Gasteiger partial charge is 0.344 e. The summed E-state index contributed by atoms with van der Waals surface area (Å²) in [7, 11) is 0. The minimum atomic E-state index is -0.424. The fourth-order valence-corrected chi connectivity index (χ4v) is 2.97. The smallest absolute Gasteiger partial charge is 0.245 e. The van der Waals surface area contributed by atoms with Crippen molar-refractivity contribution < 1.29 is 9.59 Å². The van der Waals surface area contributed by atoms with E-state index >= 15 is 0 Å². The van der Waals surface area contributed by atoms with Gasteiger partial charge in [-0.2, -0.15) is 0 Å². The summed E-state index contributed by atoms with van der Waals surface area (Å²) in [5, 5.41) is 2.87. The number of amides is 2. The monoisotopic (exact) mass is 323 g/mol. The SMILES string of the molecule is O=C(Cc1cccnc1)N[C@@H]1CCCN(Cc2ccccc2)C1=O. The van der Waals surface area contributed by atoms with Crippen molar-refractivity contribution in [2.45, 2.75) is 31.8 Å². The Balaban J connectivity index is 1.57. The van der Waals surface area contributed by atoms with Crippen molar-refractivity contribution in [3.05, 3.63) is 66.0 Å². The molecular formula is C19H21N3O2. The third kappa shape index (κ3) is 4.19. The number of nitrogens with one attached hydrogen (secondary N) is 1. The van der Waals surface area contributed by atoms with Gasteiger partial charge in [0.2, 0.25) is 11.8 Å². The summed E-state index contributed by atoms with van der Waals surface area (Å²) in [5.41, 5.74) is 1.95. The normalized spacial score (nSPS) is 17.6. The fraction of sp³-hybridized carbons (Fsp3) is 0.316. The number of nitrogens with zero attached hydrogens (tertiary/aromatic N) is 2. The minimum absolute atomic E-state index is 0.00430. The van der Waals surface area contributed by atoms with Gasteiger partial charge >= 0.3 is 0 Å². The Morgan fingerprint density at radius 2 is 1.96 bits per heavy atom. The molecule has 1 aromatic carbocycles. The molecule has 0 radical (unpaired) electrons. The molecule has 1 aliphatic heterocycles. The van der Waals surface area contributed by atoms with Crippen LogP contribution < -0.4 is 5.32 Å². The minimum Gasteiger partial charge on any atom is -0.344 e. The fourth-order valence-electron chi connectivity index (χ4n) is 2.97. The lowest BCUT2D eigenvalue weighted by Gasteiger charge is -2.32. The van der Waals surface area contributed by atoms with Crippen LogP contribution in [0.25, 0.3) is 0 Å². The molecule has 0 saturated carbocycles. The number of hydrogen-bond acceptors (Lipinski definition) is 3. The van der Waals surface area contributed by atoms with E-state index in [1.165, 1.54) is 0 Å². The second-order valence-electron chi connectivity index (χ2n) is 6.05. The maximum absolute atomic E-state index is 12.6. The van der Waals surface area contributed by atoms with Gasteiger partial charge in [-0.3, -0.25) is 14.6 Å². The van der Waals surface area contributed by atoms with Crippen molar-refractivity contribution in [1.29, 1.82) is 0 Å². The first-order chi connectivity index (χ1) is 11.7. The van der Waals surface area contributed by atoms with Crippen molar-refractivity contribution in [1.82, 2.24) is 15.2 Å². The predicted octanol–water partition coefficient (Wildman–Crippen LogP) is 1.93. The van der Waals surface area contributed by atoms with Gasteiger partial charge in [-0.25, -0.2) is 0 Å². The number of aromatic nitrogens is 1. The molecule has 1 atom stereocenters. The van der Waals surface area contributed by atoms with E-state index in [1.807, 2.05) is 41.3 Å². The molecule has 0 bridgehead atoms. The second-order valence-corrected chi connectivity index (χ2v) is 6.05. The van der Waals surface area contributed by atoms with E-state index in [4.69, 9.17) is 0 Å². The lowest BCUT2D eigenvalue weighted by atomic mass is 10.0. The maximum atomic E-state index is 12.6. The molecule has 1 aliphatic rings. The number of rotatable bonds is 5. The van der Waals surface area contributed by atoms with Crippen molar-refractivity contribution in [3.63, 3.8) is 0 Å². The Hall–Kier alpha value is -2.69. The maximum Gasteiger partial charge on any atom is 0.245 e. The van der Waals surface area contributed by atoms with Crippen LogP contribution in [0.4, 0.5) is 0 Å². The second kappa shape index (κ2) is 7.73. The molecule has 0 spiro atoms. The van der Waals surface area contributed by atoms with Crippen LogP contribution >= 0.6 is 0 Å². The Bertz CT molecular complexity index is 688. The molecule has 5 heteroatoms. The average molecular weight is 323 g/mol. The van der Waals surface area contributed by atoms with Gasteiger partial charge in [0.05, 0.1) is 6.42 Å². The lowest BCUT2D eigenvalue weighted by molar-refractivity contribution is -0.139. The number of piperidine rings is 1. The van der Waals surface area contributed by atoms with Gasteiger partial charge in [0, 0.05) is 25.5 Å². The standard InChI is InChI=1S/C19H21N3O2/c23-18(12-16-8-4-10-20-13-16)21-17-9-5-11-22(19(17)24)14-15-6-2-1-3-7-15/h1-4,6-8,10,13,17H,5,9,11-12,14H2,(H,21,23)/t17-/m1/s1. The number of pyridine rings is 1. The van der Waals surface area contributed by atoms with Crippen LogP contribution in [-0.4, -0.2) is 34.3 Å². The van der Waals surface area contributed by atoms with Crippen LogP contribution in [0.2, 0.25) is 0 Å². The quantitative estimate of drug-likeness (QED) is 0.914. The Morgan fingerprint density at radius 3 is 2.71 bits per heavy atom. The number of hydrogen-bond donors (Lipinski definition) is 1. The summed E-state index contributed by atoms with van der Waals surface area (Å²) >= 11 is 0. The van der Waals surface area contributed by atoms with Crippen LogP contribution in [0.5, 0.6) is 0 Å². The summed E-state index contributed by atoms with van der Waals surface area (Å²) in [6.07, 6.45) is 5.19. The van der Waals surface area contributed by atoms with E-state index in [9.17, 15) is 9.59 Å². The Morgan fingerprint density at radius 1 is 1.17 bits per heavy atom. The number of likely N-dealkylation sites (tertiary alicyclic amines) is 1. The Kier molecular flexibility index (Phi) is 5.21. The number of benzene rings is 1. The van der Waals surface area contributed by atoms with E-state index < -0.39 is 6.04 Å². The lowest BCUT2D eigenvalue weighted by Crippen LogP contribution is -2.52. The summed E-state index contributed by atoms with van der Waals surface area (Å²) in [6, 6.07) is 13.2. The number of carbonyl (C=O) groups excluding carboxylic acids is 2. The third-order valence-corrected chi connectivity index (χ3v) is 4.17. The van der Waals surface area contributed by atoms with Gasteiger partial charge in [-0.1, -0.05) is 36.4 Å². The molecule has 0 aliphatic carbocycles. The van der Waals surface area contributed by atoms with Crippen molar-refractivity contribution in [2.75, 3.05) is 6.54 Å². The molecule has 2 amide bonds. The topological polar surface area (TPSA) is 62.3 Å². The third-order valence-electron chi connectivity index (χ3n) is 4.17. The van der Waals surface area contributed by atoms with Crippen LogP contribution in [0, 0.1) is 0 Å². The van der Waals surface area contributed by atoms with Crippen molar-refractivity contribution in [3.8, 4) is 0 Å². The first-order valence-electron chi connectivity index (χ1n) is 8.23. The van der Waals surface area contributed by atoms with E-state index in [0.717, 1.165) is 24.1 Å². The number of carbonyl (C=O) groups is 2. The molecule has 1 saturated heterocycles. The molecule has 2 aromatic rings. The molecule has 124 valence electrons. The summed E-state index contributed by atoms with van der Waals surface area (Å²) in [4.78, 5) is 30.6. The van der Waals surface area contributed by atoms with Gasteiger partial charge in [-0.15, -0.1) is 0 Å². The molecule has 0 unspecified atom stereocenters. The first-order valence-corrected chi connectivity index (χ1v) is 8.23. The van der Waals surface area contributed by atoms with E-state index in [-0.39, 0.29) is 18.2 Å². The van der Waals surface area contributed by atoms with Gasteiger partial charge in [-0.05, 0) is 30.0 Å². The molecule has 1 N–H and O–H groups in total. The van der Waals surface area contributed by atoms with E-state index in [2.05, 4.69) is 10.3 Å². The predicted molar refractivity (Wildman–Crippen MR) is 91.0 cm³/mol. The average Bonchev–Trinajstić information content (AvgIpc) is 2.60. The van der Waals surface area contributed by atoms with Gasteiger partial charge in [0.15, 0.2) is 0 Å².